The number of amides is 3. The molecule has 0 aromatic heterocycles. The topological polar surface area (TPSA) is 84.9 Å². The number of thioether (sulfide) groups is 1. The monoisotopic (exact) mass is 616 g/mol. The molecule has 0 unspecified atom stereocenters. The molecular formula is C31H25BrN2O5S. The minimum atomic E-state index is -0.524. The lowest BCUT2D eigenvalue weighted by molar-refractivity contribution is -0.127. The molecule has 9 heteroatoms. The molecule has 202 valence electrons. The normalized spacial score (nSPS) is 14.2. The number of benzene rings is 4. The molecule has 0 atom stereocenters. The number of hydrogen-bond acceptors (Lipinski definition) is 6. The number of nitrogens with zero attached hydrogens (tertiary/aromatic N) is 1. The van der Waals surface area contributed by atoms with Crippen LogP contribution in [0.4, 0.5) is 10.5 Å². The largest absolute Gasteiger partial charge is 0.490 e. The van der Waals surface area contributed by atoms with Gasteiger partial charge in [-0.15, -0.1) is 0 Å². The van der Waals surface area contributed by atoms with Gasteiger partial charge in [0.05, 0.1) is 16.0 Å². The molecule has 3 amide bonds. The van der Waals surface area contributed by atoms with Crippen LogP contribution in [-0.2, 0) is 16.2 Å². The molecule has 1 fully saturated rings. The van der Waals surface area contributed by atoms with E-state index in [0.717, 1.165) is 33.0 Å². The molecule has 4 aromatic carbocycles. The number of imide groups is 1. The van der Waals surface area contributed by atoms with Crippen LogP contribution in [-0.4, -0.2) is 35.1 Å². The van der Waals surface area contributed by atoms with Gasteiger partial charge in [0, 0.05) is 5.69 Å². The maximum atomic E-state index is 13.0. The summed E-state index contributed by atoms with van der Waals surface area (Å²) in [4.78, 5) is 39.2. The average Bonchev–Trinajstić information content (AvgIpc) is 3.20. The Labute approximate surface area is 244 Å². The van der Waals surface area contributed by atoms with E-state index in [2.05, 4.69) is 39.4 Å². The van der Waals surface area contributed by atoms with Crippen molar-refractivity contribution >= 4 is 67.3 Å². The lowest BCUT2D eigenvalue weighted by Crippen LogP contribution is -2.36. The fourth-order valence-corrected chi connectivity index (χ4v) is 5.71. The molecule has 1 N–H and O–H groups in total. The number of nitrogens with one attached hydrogen (secondary N) is 1. The van der Waals surface area contributed by atoms with Crippen LogP contribution in [0.2, 0.25) is 0 Å². The molecule has 0 radical (unpaired) electrons. The van der Waals surface area contributed by atoms with Gasteiger partial charge >= 0.3 is 0 Å². The first-order valence-corrected chi connectivity index (χ1v) is 14.2. The quantitative estimate of drug-likeness (QED) is 0.199. The first-order chi connectivity index (χ1) is 19.4. The van der Waals surface area contributed by atoms with Gasteiger partial charge in [-0.2, -0.15) is 0 Å². The standard InChI is InChI=1S/C31H25BrN2O5S/c1-2-38-26-16-20(15-25(32)29(26)39-19-22-11-8-10-21-9-6-7-14-24(21)22)17-27-30(36)34(31(37)40-27)18-28(35)33-23-12-4-3-5-13-23/h3-17H,2,18-19H2,1H3,(H,33,35)/b27-17-. The summed E-state index contributed by atoms with van der Waals surface area (Å²) in [6, 6.07) is 26.7. The Hall–Kier alpha value is -4.08. The molecule has 1 saturated heterocycles. The fourth-order valence-electron chi connectivity index (χ4n) is 4.30. The third-order valence-electron chi connectivity index (χ3n) is 6.11. The molecule has 4 aromatic rings. The van der Waals surface area contributed by atoms with Gasteiger partial charge in [-0.05, 0) is 86.9 Å². The summed E-state index contributed by atoms with van der Waals surface area (Å²) in [6.07, 6.45) is 1.61. The van der Waals surface area contributed by atoms with Crippen molar-refractivity contribution in [2.24, 2.45) is 0 Å². The lowest BCUT2D eigenvalue weighted by Gasteiger charge is -2.16. The molecule has 0 bridgehead atoms. The van der Waals surface area contributed by atoms with Gasteiger partial charge < -0.3 is 14.8 Å². The molecule has 5 rings (SSSR count). The molecule has 7 nitrogen and oxygen atoms in total. The highest BCUT2D eigenvalue weighted by Gasteiger charge is 2.36. The number of para-hydroxylation sites is 1. The van der Waals surface area contributed by atoms with Crippen molar-refractivity contribution in [1.29, 1.82) is 0 Å². The average molecular weight is 618 g/mol. The number of fused-ring (bicyclic) bond motifs is 1. The van der Waals surface area contributed by atoms with Crippen molar-refractivity contribution in [3.63, 3.8) is 0 Å². The van der Waals surface area contributed by atoms with Crippen molar-refractivity contribution in [2.75, 3.05) is 18.5 Å². The summed E-state index contributed by atoms with van der Waals surface area (Å²) in [5.41, 5.74) is 2.28. The van der Waals surface area contributed by atoms with Crippen molar-refractivity contribution in [1.82, 2.24) is 4.90 Å². The van der Waals surface area contributed by atoms with Crippen molar-refractivity contribution in [3.05, 3.63) is 105 Å². The summed E-state index contributed by atoms with van der Waals surface area (Å²) >= 11 is 4.38. The minimum Gasteiger partial charge on any atom is -0.490 e. The van der Waals surface area contributed by atoms with Crippen LogP contribution in [0.3, 0.4) is 0 Å². The van der Waals surface area contributed by atoms with Gasteiger partial charge in [0.2, 0.25) is 5.91 Å². The van der Waals surface area contributed by atoms with E-state index < -0.39 is 17.1 Å². The van der Waals surface area contributed by atoms with E-state index in [9.17, 15) is 14.4 Å². The Bertz CT molecular complexity index is 1620. The number of carbonyl (C=O) groups is 3. The summed E-state index contributed by atoms with van der Waals surface area (Å²) < 4.78 is 12.7. The van der Waals surface area contributed by atoms with E-state index in [-0.39, 0.29) is 11.4 Å². The number of hydrogen-bond donors (Lipinski definition) is 1. The highest BCUT2D eigenvalue weighted by Crippen LogP contribution is 2.40. The van der Waals surface area contributed by atoms with Crippen molar-refractivity contribution in [2.45, 2.75) is 13.5 Å². The first-order valence-electron chi connectivity index (χ1n) is 12.6. The second-order valence-electron chi connectivity index (χ2n) is 8.87. The summed E-state index contributed by atoms with van der Waals surface area (Å²) in [5.74, 6) is 0.0647. The third kappa shape index (κ3) is 6.21. The fraction of sp³-hybridized carbons (Fsp3) is 0.129. The second-order valence-corrected chi connectivity index (χ2v) is 10.7. The maximum absolute atomic E-state index is 13.0. The number of rotatable bonds is 9. The molecule has 1 aliphatic rings. The molecule has 0 saturated carbocycles. The maximum Gasteiger partial charge on any atom is 0.294 e. The molecule has 1 aliphatic heterocycles. The molecule has 0 spiro atoms. The van der Waals surface area contributed by atoms with Gasteiger partial charge in [-0.3, -0.25) is 19.3 Å². The van der Waals surface area contributed by atoms with E-state index in [1.54, 1.807) is 42.5 Å². The SMILES string of the molecule is CCOc1cc(/C=C2\SC(=O)N(CC(=O)Nc3ccccc3)C2=O)cc(Br)c1OCc1cccc2ccccc12. The highest BCUT2D eigenvalue weighted by molar-refractivity contribution is 9.10. The van der Waals surface area contributed by atoms with Gasteiger partial charge in [0.1, 0.15) is 13.2 Å². The van der Waals surface area contributed by atoms with Gasteiger partial charge in [-0.1, -0.05) is 60.7 Å². The van der Waals surface area contributed by atoms with Crippen LogP contribution in [0, 0.1) is 0 Å². The first kappa shape index (κ1) is 27.5. The van der Waals surface area contributed by atoms with E-state index in [4.69, 9.17) is 9.47 Å². The zero-order chi connectivity index (χ0) is 28.1. The van der Waals surface area contributed by atoms with Gasteiger partial charge in [0.15, 0.2) is 11.5 Å². The molecular weight excluding hydrogens is 592 g/mol. The van der Waals surface area contributed by atoms with E-state index in [0.29, 0.717) is 40.4 Å². The van der Waals surface area contributed by atoms with Gasteiger partial charge in [-0.25, -0.2) is 0 Å². The Kier molecular flexibility index (Phi) is 8.52. The second kappa shape index (κ2) is 12.4. The zero-order valence-electron chi connectivity index (χ0n) is 21.6. The van der Waals surface area contributed by atoms with E-state index >= 15 is 0 Å². The predicted molar refractivity (Wildman–Crippen MR) is 161 cm³/mol. The summed E-state index contributed by atoms with van der Waals surface area (Å²) in [6.45, 7) is 2.25. The van der Waals surface area contributed by atoms with E-state index in [1.165, 1.54) is 0 Å². The molecule has 40 heavy (non-hydrogen) atoms. The predicted octanol–water partition coefficient (Wildman–Crippen LogP) is 7.26. The van der Waals surface area contributed by atoms with E-state index in [1.807, 2.05) is 37.3 Å². The Morgan fingerprint density at radius 2 is 1.73 bits per heavy atom. The number of halogens is 1. The van der Waals surface area contributed by atoms with Crippen LogP contribution in [0.25, 0.3) is 16.8 Å². The highest BCUT2D eigenvalue weighted by atomic mass is 79.9. The van der Waals surface area contributed by atoms with Crippen LogP contribution in [0.15, 0.2) is 94.3 Å². The van der Waals surface area contributed by atoms with Crippen LogP contribution in [0.1, 0.15) is 18.1 Å². The summed E-state index contributed by atoms with van der Waals surface area (Å²) in [7, 11) is 0. The Balaban J connectivity index is 1.33. The number of anilines is 1. The molecule has 0 aliphatic carbocycles. The van der Waals surface area contributed by atoms with Crippen LogP contribution >= 0.6 is 27.7 Å². The van der Waals surface area contributed by atoms with Gasteiger partial charge in [0.25, 0.3) is 11.1 Å². The molecule has 1 heterocycles. The lowest BCUT2D eigenvalue weighted by atomic mass is 10.1. The zero-order valence-corrected chi connectivity index (χ0v) is 24.0. The smallest absolute Gasteiger partial charge is 0.294 e. The third-order valence-corrected chi connectivity index (χ3v) is 7.61. The number of carbonyl (C=O) groups excluding carboxylic acids is 3. The minimum absolute atomic E-state index is 0.219. The van der Waals surface area contributed by atoms with Crippen LogP contribution in [0.5, 0.6) is 11.5 Å². The van der Waals surface area contributed by atoms with Crippen molar-refractivity contribution < 1.29 is 23.9 Å². The number of ether oxygens (including phenoxy) is 2. The van der Waals surface area contributed by atoms with Crippen LogP contribution < -0.4 is 14.8 Å². The Morgan fingerprint density at radius 1 is 0.975 bits per heavy atom. The Morgan fingerprint density at radius 3 is 2.52 bits per heavy atom. The summed E-state index contributed by atoms with van der Waals surface area (Å²) in [5, 5.41) is 4.44. The van der Waals surface area contributed by atoms with Crippen molar-refractivity contribution in [3.8, 4) is 11.5 Å².